The Hall–Kier alpha value is -3.20. The van der Waals surface area contributed by atoms with Gasteiger partial charge in [0.1, 0.15) is 11.9 Å². The summed E-state index contributed by atoms with van der Waals surface area (Å²) in [5, 5.41) is 9.30. The molecule has 3 aromatic rings. The van der Waals surface area contributed by atoms with E-state index in [2.05, 4.69) is 22.0 Å². The third-order valence-corrected chi connectivity index (χ3v) is 8.00. The second kappa shape index (κ2) is 11.5. The van der Waals surface area contributed by atoms with Gasteiger partial charge in [0.15, 0.2) is 0 Å². The van der Waals surface area contributed by atoms with Gasteiger partial charge in [0.25, 0.3) is 11.8 Å². The number of hydrogen-bond acceptors (Lipinski definition) is 6. The molecular formula is C29H33N3O4S. The molecule has 2 aromatic carbocycles. The van der Waals surface area contributed by atoms with Crippen molar-refractivity contribution in [3.8, 4) is 16.2 Å². The molecule has 0 spiro atoms. The van der Waals surface area contributed by atoms with Crippen LogP contribution in [0.2, 0.25) is 0 Å². The Balaban J connectivity index is 1.23. The van der Waals surface area contributed by atoms with Crippen LogP contribution >= 0.6 is 11.3 Å². The minimum absolute atomic E-state index is 0.0707. The van der Waals surface area contributed by atoms with Crippen molar-refractivity contribution < 1.29 is 19.1 Å². The average molecular weight is 520 g/mol. The molecule has 2 saturated heterocycles. The first-order valence-electron chi connectivity index (χ1n) is 12.8. The summed E-state index contributed by atoms with van der Waals surface area (Å²) in [5.74, 6) is 0.512. The molecule has 7 nitrogen and oxygen atoms in total. The van der Waals surface area contributed by atoms with Gasteiger partial charge in [-0.2, -0.15) is 0 Å². The van der Waals surface area contributed by atoms with Gasteiger partial charge in [-0.3, -0.25) is 9.59 Å². The van der Waals surface area contributed by atoms with Gasteiger partial charge in [-0.15, -0.1) is 11.3 Å². The zero-order chi connectivity index (χ0) is 25.8. The fraction of sp³-hybridized carbons (Fsp3) is 0.379. The number of rotatable bonds is 9. The Bertz CT molecular complexity index is 1260. The van der Waals surface area contributed by atoms with E-state index in [9.17, 15) is 9.59 Å². The molecule has 37 heavy (non-hydrogen) atoms. The summed E-state index contributed by atoms with van der Waals surface area (Å²) < 4.78 is 11.5. The third kappa shape index (κ3) is 6.21. The van der Waals surface area contributed by atoms with Crippen molar-refractivity contribution in [1.29, 1.82) is 0 Å². The number of benzene rings is 2. The van der Waals surface area contributed by atoms with Gasteiger partial charge in [-0.25, -0.2) is 0 Å². The number of thiophene rings is 1. The van der Waals surface area contributed by atoms with E-state index in [4.69, 9.17) is 9.47 Å². The number of nitrogens with one attached hydrogen (secondary N) is 3. The van der Waals surface area contributed by atoms with Crippen LogP contribution < -0.4 is 20.7 Å². The molecule has 3 heterocycles. The van der Waals surface area contributed by atoms with Crippen molar-refractivity contribution in [2.75, 3.05) is 26.2 Å². The van der Waals surface area contributed by atoms with Gasteiger partial charge in [0, 0.05) is 36.7 Å². The van der Waals surface area contributed by atoms with Crippen molar-refractivity contribution >= 4 is 23.2 Å². The molecule has 2 fully saturated rings. The van der Waals surface area contributed by atoms with Crippen LogP contribution in [0.4, 0.5) is 0 Å². The van der Waals surface area contributed by atoms with Gasteiger partial charge in [0.05, 0.1) is 17.0 Å². The lowest BCUT2D eigenvalue weighted by molar-refractivity contribution is 0.0860. The fourth-order valence-corrected chi connectivity index (χ4v) is 5.41. The number of ether oxygens (including phenoxy) is 2. The van der Waals surface area contributed by atoms with Crippen molar-refractivity contribution in [2.24, 2.45) is 0 Å². The summed E-state index contributed by atoms with van der Waals surface area (Å²) in [6.45, 7) is 6.89. The number of hydrogen-bond donors (Lipinski definition) is 3. The zero-order valence-electron chi connectivity index (χ0n) is 21.2. The Kier molecular flexibility index (Phi) is 7.88. The van der Waals surface area contributed by atoms with Crippen LogP contribution in [0.1, 0.15) is 57.0 Å². The lowest BCUT2D eigenvalue weighted by atomic mass is 10.0. The second-order valence-corrected chi connectivity index (χ2v) is 10.8. The van der Waals surface area contributed by atoms with E-state index < -0.39 is 0 Å². The van der Waals surface area contributed by atoms with Gasteiger partial charge in [-0.05, 0) is 73.7 Å². The van der Waals surface area contributed by atoms with Gasteiger partial charge < -0.3 is 25.4 Å². The smallest absolute Gasteiger partial charge is 0.261 e. The minimum atomic E-state index is -0.193. The Labute approximate surface area is 221 Å². The van der Waals surface area contributed by atoms with E-state index in [1.54, 1.807) is 0 Å². The highest BCUT2D eigenvalue weighted by Gasteiger charge is 2.21. The summed E-state index contributed by atoms with van der Waals surface area (Å²) in [4.78, 5) is 27.4. The molecule has 2 aliphatic heterocycles. The maximum atomic E-state index is 13.1. The molecule has 2 aliphatic rings. The highest BCUT2D eigenvalue weighted by molar-refractivity contribution is 7.17. The van der Waals surface area contributed by atoms with Crippen molar-refractivity contribution in [1.82, 2.24) is 16.0 Å². The number of aryl methyl sites for hydroxylation is 1. The lowest BCUT2D eigenvalue weighted by Crippen LogP contribution is -2.50. The molecule has 0 saturated carbocycles. The largest absolute Gasteiger partial charge is 0.488 e. The SMILES string of the molecule is Cc1ccc(OC2CNC2)cc1C(=O)NC(C)c1cccc(-c2ccc(C(=O)NCC3CCCO3)s2)c1. The zero-order valence-corrected chi connectivity index (χ0v) is 22.0. The third-order valence-electron chi connectivity index (χ3n) is 6.86. The van der Waals surface area contributed by atoms with Crippen molar-refractivity contribution in [2.45, 2.75) is 44.9 Å². The molecule has 2 atom stereocenters. The molecular weight excluding hydrogens is 486 g/mol. The maximum absolute atomic E-state index is 13.1. The Morgan fingerprint density at radius 1 is 1.14 bits per heavy atom. The molecule has 2 amide bonds. The molecule has 3 N–H and O–H groups in total. The topological polar surface area (TPSA) is 88.7 Å². The number of carbonyl (C=O) groups excluding carboxylic acids is 2. The minimum Gasteiger partial charge on any atom is -0.488 e. The van der Waals surface area contributed by atoms with Crippen LogP contribution in [0.15, 0.2) is 54.6 Å². The van der Waals surface area contributed by atoms with Gasteiger partial charge in [0.2, 0.25) is 0 Å². The summed E-state index contributed by atoms with van der Waals surface area (Å²) in [5.41, 5.74) is 3.53. The first-order chi connectivity index (χ1) is 18.0. The summed E-state index contributed by atoms with van der Waals surface area (Å²) in [7, 11) is 0. The standard InChI is InChI=1S/C29H33N3O4S/c1-18-8-9-22(36-24-15-30-16-24)14-25(18)28(33)32-19(2)20-5-3-6-21(13-20)26-10-11-27(37-26)29(34)31-17-23-7-4-12-35-23/h3,5-6,8-11,13-14,19,23-24,30H,4,7,12,15-17H2,1-2H3,(H,31,34)(H,32,33). The first-order valence-corrected chi connectivity index (χ1v) is 13.7. The summed E-state index contributed by atoms with van der Waals surface area (Å²) in [6.07, 6.45) is 2.33. The molecule has 5 rings (SSSR count). The predicted molar refractivity (Wildman–Crippen MR) is 145 cm³/mol. The van der Waals surface area contributed by atoms with E-state index in [0.717, 1.165) is 54.1 Å². The normalized spacial score (nSPS) is 18.2. The van der Waals surface area contributed by atoms with Crippen molar-refractivity contribution in [3.63, 3.8) is 0 Å². The first kappa shape index (κ1) is 25.4. The van der Waals surface area contributed by atoms with Crippen LogP contribution in [-0.4, -0.2) is 50.3 Å². The lowest BCUT2D eigenvalue weighted by Gasteiger charge is -2.28. The van der Waals surface area contributed by atoms with E-state index in [1.807, 2.05) is 62.4 Å². The van der Waals surface area contributed by atoms with E-state index in [-0.39, 0.29) is 30.1 Å². The highest BCUT2D eigenvalue weighted by atomic mass is 32.1. The molecule has 2 unspecified atom stereocenters. The predicted octanol–water partition coefficient (Wildman–Crippen LogP) is 4.47. The van der Waals surface area contributed by atoms with Crippen molar-refractivity contribution in [3.05, 3.63) is 76.2 Å². The fourth-order valence-electron chi connectivity index (χ4n) is 4.49. The average Bonchev–Trinajstić information content (AvgIpc) is 3.58. The highest BCUT2D eigenvalue weighted by Crippen LogP contribution is 2.30. The molecule has 8 heteroatoms. The molecule has 0 bridgehead atoms. The quantitative estimate of drug-likeness (QED) is 0.388. The number of amides is 2. The van der Waals surface area contributed by atoms with Crippen LogP contribution in [0.25, 0.3) is 10.4 Å². The second-order valence-electron chi connectivity index (χ2n) is 9.70. The number of carbonyl (C=O) groups is 2. The van der Waals surface area contributed by atoms with Crippen LogP contribution in [0.5, 0.6) is 5.75 Å². The summed E-state index contributed by atoms with van der Waals surface area (Å²) in [6, 6.07) is 17.4. The Morgan fingerprint density at radius 3 is 2.76 bits per heavy atom. The molecule has 1 aromatic heterocycles. The van der Waals surface area contributed by atoms with Gasteiger partial charge >= 0.3 is 0 Å². The van der Waals surface area contributed by atoms with Crippen LogP contribution in [-0.2, 0) is 4.74 Å². The summed E-state index contributed by atoms with van der Waals surface area (Å²) >= 11 is 1.46. The monoisotopic (exact) mass is 519 g/mol. The maximum Gasteiger partial charge on any atom is 0.261 e. The molecule has 194 valence electrons. The van der Waals surface area contributed by atoms with E-state index >= 15 is 0 Å². The van der Waals surface area contributed by atoms with Crippen LogP contribution in [0.3, 0.4) is 0 Å². The molecule has 0 radical (unpaired) electrons. The molecule has 0 aliphatic carbocycles. The van der Waals surface area contributed by atoms with Crippen LogP contribution in [0, 0.1) is 6.92 Å². The van der Waals surface area contributed by atoms with E-state index in [0.29, 0.717) is 22.7 Å². The Morgan fingerprint density at radius 2 is 2.00 bits per heavy atom. The van der Waals surface area contributed by atoms with Gasteiger partial charge in [-0.1, -0.05) is 24.3 Å². The van der Waals surface area contributed by atoms with E-state index in [1.165, 1.54) is 11.3 Å².